The summed E-state index contributed by atoms with van der Waals surface area (Å²) in [6.45, 7) is 0.524. The van der Waals surface area contributed by atoms with Gasteiger partial charge in [-0.2, -0.15) is 9.30 Å². The minimum absolute atomic E-state index is 0.118. The highest BCUT2D eigenvalue weighted by atomic mass is 79.9. The van der Waals surface area contributed by atoms with Gasteiger partial charge in [0.05, 0.1) is 28.8 Å². The maximum atomic E-state index is 13.2. The second-order valence-corrected chi connectivity index (χ2v) is 11.0. The molecule has 32 heavy (non-hydrogen) atoms. The molecule has 1 aromatic heterocycles. The highest BCUT2D eigenvalue weighted by Gasteiger charge is 2.39. The molecule has 1 fully saturated rings. The molecule has 1 aliphatic rings. The standard InChI is InChI=1S/C22H20BrN3O4S2/c1-3-12-25-18-11-6-15(23)14-20(18)31-22(25)24-21(27)19-5-4-13-26(19)32(28,29)17-9-7-16(30-2)8-10-17/h1,6-11,14,19H,4-5,12-13H2,2H3. The van der Waals surface area contributed by atoms with Crippen molar-refractivity contribution in [3.05, 3.63) is 51.7 Å². The average molecular weight is 534 g/mol. The summed E-state index contributed by atoms with van der Waals surface area (Å²) in [4.78, 5) is 18.0. The molecular formula is C22H20BrN3O4S2. The number of sulfonamides is 1. The number of carbonyl (C=O) groups is 1. The Morgan fingerprint density at radius 1 is 1.31 bits per heavy atom. The summed E-state index contributed by atoms with van der Waals surface area (Å²) in [6, 6.07) is 11.0. The van der Waals surface area contributed by atoms with E-state index in [4.69, 9.17) is 11.2 Å². The fourth-order valence-electron chi connectivity index (χ4n) is 3.70. The lowest BCUT2D eigenvalue weighted by molar-refractivity contribution is -0.121. The Bertz CT molecular complexity index is 1390. The van der Waals surface area contributed by atoms with Crippen LogP contribution < -0.4 is 9.54 Å². The van der Waals surface area contributed by atoms with Crippen molar-refractivity contribution in [1.82, 2.24) is 8.87 Å². The van der Waals surface area contributed by atoms with Gasteiger partial charge >= 0.3 is 0 Å². The highest BCUT2D eigenvalue weighted by Crippen LogP contribution is 2.28. The van der Waals surface area contributed by atoms with Gasteiger partial charge in [-0.3, -0.25) is 4.79 Å². The lowest BCUT2D eigenvalue weighted by Crippen LogP contribution is -2.40. The third kappa shape index (κ3) is 4.26. The molecule has 2 aromatic carbocycles. The number of carbonyl (C=O) groups excluding carboxylic acids is 1. The van der Waals surface area contributed by atoms with Gasteiger partial charge in [0.2, 0.25) is 10.0 Å². The summed E-state index contributed by atoms with van der Waals surface area (Å²) >= 11 is 4.79. The van der Waals surface area contributed by atoms with Gasteiger partial charge < -0.3 is 9.30 Å². The number of methoxy groups -OCH3 is 1. The van der Waals surface area contributed by atoms with Crippen LogP contribution in [0.4, 0.5) is 0 Å². The van der Waals surface area contributed by atoms with E-state index in [1.54, 1.807) is 16.7 Å². The maximum Gasteiger partial charge on any atom is 0.266 e. The van der Waals surface area contributed by atoms with Gasteiger partial charge in [-0.15, -0.1) is 6.42 Å². The number of thiazole rings is 1. The molecule has 2 heterocycles. The number of ether oxygens (including phenoxy) is 1. The van der Waals surface area contributed by atoms with Gasteiger partial charge in [0.15, 0.2) is 4.80 Å². The number of hydrogen-bond donors (Lipinski definition) is 0. The first kappa shape index (κ1) is 22.7. The molecule has 166 valence electrons. The van der Waals surface area contributed by atoms with E-state index in [1.165, 1.54) is 34.9 Å². The van der Waals surface area contributed by atoms with E-state index < -0.39 is 22.0 Å². The van der Waals surface area contributed by atoms with Crippen LogP contribution in [-0.4, -0.2) is 42.9 Å². The smallest absolute Gasteiger partial charge is 0.266 e. The van der Waals surface area contributed by atoms with Gasteiger partial charge in [-0.05, 0) is 55.3 Å². The van der Waals surface area contributed by atoms with Crippen molar-refractivity contribution in [1.29, 1.82) is 0 Å². The van der Waals surface area contributed by atoms with Gasteiger partial charge in [0, 0.05) is 11.0 Å². The van der Waals surface area contributed by atoms with Crippen LogP contribution in [0.25, 0.3) is 10.2 Å². The fraction of sp³-hybridized carbons (Fsp3) is 0.273. The molecule has 0 aliphatic carbocycles. The summed E-state index contributed by atoms with van der Waals surface area (Å²) in [5, 5.41) is 0. The molecule has 0 bridgehead atoms. The number of terminal acetylenes is 1. The molecule has 1 amide bonds. The molecule has 1 saturated heterocycles. The van der Waals surface area contributed by atoms with Crippen molar-refractivity contribution in [2.45, 2.75) is 30.3 Å². The fourth-order valence-corrected chi connectivity index (χ4v) is 6.94. The van der Waals surface area contributed by atoms with Gasteiger partial charge in [0.25, 0.3) is 5.91 Å². The number of rotatable bonds is 5. The molecule has 3 aromatic rings. The average Bonchev–Trinajstić information content (AvgIpc) is 3.40. The highest BCUT2D eigenvalue weighted by molar-refractivity contribution is 9.10. The predicted octanol–water partition coefficient (Wildman–Crippen LogP) is 3.39. The zero-order valence-electron chi connectivity index (χ0n) is 17.2. The van der Waals surface area contributed by atoms with Gasteiger partial charge in [-0.25, -0.2) is 8.42 Å². The van der Waals surface area contributed by atoms with E-state index in [2.05, 4.69) is 26.8 Å². The zero-order chi connectivity index (χ0) is 22.9. The second-order valence-electron chi connectivity index (χ2n) is 7.19. The third-order valence-corrected chi connectivity index (χ3v) is 8.71. The van der Waals surface area contributed by atoms with Crippen molar-refractivity contribution in [2.75, 3.05) is 13.7 Å². The van der Waals surface area contributed by atoms with Crippen LogP contribution in [0.1, 0.15) is 12.8 Å². The lowest BCUT2D eigenvalue weighted by Gasteiger charge is -2.21. The van der Waals surface area contributed by atoms with E-state index in [-0.39, 0.29) is 18.0 Å². The van der Waals surface area contributed by atoms with Crippen molar-refractivity contribution < 1.29 is 17.9 Å². The number of aromatic nitrogens is 1. The minimum Gasteiger partial charge on any atom is -0.497 e. The van der Waals surface area contributed by atoms with E-state index in [0.717, 1.165) is 14.7 Å². The first-order chi connectivity index (χ1) is 15.3. The Morgan fingerprint density at radius 3 is 2.75 bits per heavy atom. The lowest BCUT2D eigenvalue weighted by atomic mass is 10.2. The summed E-state index contributed by atoms with van der Waals surface area (Å²) in [5.74, 6) is 2.66. The van der Waals surface area contributed by atoms with Crippen LogP contribution in [0, 0.1) is 12.3 Å². The molecule has 1 aliphatic heterocycles. The van der Waals surface area contributed by atoms with Gasteiger partial charge in [0.1, 0.15) is 11.8 Å². The van der Waals surface area contributed by atoms with Crippen LogP contribution >= 0.6 is 27.3 Å². The molecule has 4 rings (SSSR count). The van der Waals surface area contributed by atoms with Crippen molar-refractivity contribution in [3.63, 3.8) is 0 Å². The Kier molecular flexibility index (Phi) is 6.53. The molecule has 0 radical (unpaired) electrons. The molecule has 0 N–H and O–H groups in total. The molecule has 1 atom stereocenters. The van der Waals surface area contributed by atoms with E-state index in [9.17, 15) is 13.2 Å². The Hall–Kier alpha value is -2.45. The molecule has 1 unspecified atom stereocenters. The number of amides is 1. The van der Waals surface area contributed by atoms with Crippen LogP contribution in [0.3, 0.4) is 0 Å². The quantitative estimate of drug-likeness (QED) is 0.470. The number of nitrogens with zero attached hydrogens (tertiary/aromatic N) is 3. The Labute approximate surface area is 198 Å². The molecule has 0 saturated carbocycles. The largest absolute Gasteiger partial charge is 0.497 e. The topological polar surface area (TPSA) is 81.0 Å². The van der Waals surface area contributed by atoms with E-state index in [0.29, 0.717) is 23.4 Å². The molecule has 0 spiro atoms. The summed E-state index contributed by atoms with van der Waals surface area (Å²) < 4.78 is 36.4. The van der Waals surface area contributed by atoms with Crippen molar-refractivity contribution in [3.8, 4) is 18.1 Å². The second kappa shape index (κ2) is 9.19. The number of hydrogen-bond acceptors (Lipinski definition) is 5. The number of fused-ring (bicyclic) bond motifs is 1. The van der Waals surface area contributed by atoms with Gasteiger partial charge in [-0.1, -0.05) is 33.2 Å². The van der Waals surface area contributed by atoms with E-state index in [1.807, 2.05) is 18.2 Å². The summed E-state index contributed by atoms with van der Waals surface area (Å²) in [5.41, 5.74) is 0.872. The SMILES string of the molecule is C#CCn1c(=NC(=O)C2CCCN2S(=O)(=O)c2ccc(OC)cc2)sc2cc(Br)ccc21. The first-order valence-corrected chi connectivity index (χ1v) is 12.9. The zero-order valence-corrected chi connectivity index (χ0v) is 20.4. The van der Waals surface area contributed by atoms with Crippen molar-refractivity contribution >= 4 is 53.4 Å². The van der Waals surface area contributed by atoms with Crippen LogP contribution in [0.2, 0.25) is 0 Å². The first-order valence-electron chi connectivity index (χ1n) is 9.82. The predicted molar refractivity (Wildman–Crippen MR) is 127 cm³/mol. The minimum atomic E-state index is -3.85. The van der Waals surface area contributed by atoms with Crippen LogP contribution in [0.15, 0.2) is 56.8 Å². The monoisotopic (exact) mass is 533 g/mol. The van der Waals surface area contributed by atoms with Crippen LogP contribution in [-0.2, 0) is 21.4 Å². The maximum absolute atomic E-state index is 13.2. The molecule has 10 heteroatoms. The Morgan fingerprint density at radius 2 is 2.06 bits per heavy atom. The normalized spacial score (nSPS) is 17.5. The number of halogens is 1. The summed E-state index contributed by atoms with van der Waals surface area (Å²) in [7, 11) is -2.33. The van der Waals surface area contributed by atoms with Crippen molar-refractivity contribution in [2.24, 2.45) is 4.99 Å². The third-order valence-electron chi connectivity index (χ3n) is 5.25. The summed E-state index contributed by atoms with van der Waals surface area (Å²) in [6.07, 6.45) is 6.54. The number of benzene rings is 2. The van der Waals surface area contributed by atoms with Crippen LogP contribution in [0.5, 0.6) is 5.75 Å². The molecular weight excluding hydrogens is 514 g/mol. The van der Waals surface area contributed by atoms with E-state index >= 15 is 0 Å². The molecule has 7 nitrogen and oxygen atoms in total. The Balaban J connectivity index is 1.70.